The molecule has 0 saturated heterocycles. The third-order valence-electron chi connectivity index (χ3n) is 9.76. The van der Waals surface area contributed by atoms with E-state index in [1.807, 2.05) is 4.90 Å². The Kier molecular flexibility index (Phi) is 11.1. The predicted octanol–water partition coefficient (Wildman–Crippen LogP) is 8.66. The fourth-order valence-corrected chi connectivity index (χ4v) is 7.47. The third-order valence-corrected chi connectivity index (χ3v) is 11.0. The van der Waals surface area contributed by atoms with Gasteiger partial charge in [-0.1, -0.05) is 47.5 Å². The van der Waals surface area contributed by atoms with Gasteiger partial charge in [0.15, 0.2) is 0 Å². The molecule has 1 aromatic heterocycles. The van der Waals surface area contributed by atoms with E-state index in [0.717, 1.165) is 69.1 Å². The van der Waals surface area contributed by atoms with Gasteiger partial charge in [0, 0.05) is 23.9 Å². The minimum absolute atomic E-state index is 0.0341. The first kappa shape index (κ1) is 30.1. The van der Waals surface area contributed by atoms with Gasteiger partial charge in [-0.15, -0.1) is 11.3 Å². The molecule has 0 aliphatic heterocycles. The lowest BCUT2D eigenvalue weighted by molar-refractivity contribution is -0.123. The molecule has 2 aliphatic rings. The largest absolute Gasteiger partial charge is 0.477 e. The van der Waals surface area contributed by atoms with Crippen LogP contribution in [-0.2, 0) is 9.53 Å². The number of methoxy groups -OCH3 is 1. The van der Waals surface area contributed by atoms with Crippen molar-refractivity contribution in [2.75, 3.05) is 12.0 Å². The van der Waals surface area contributed by atoms with Crippen molar-refractivity contribution in [1.82, 2.24) is 0 Å². The van der Waals surface area contributed by atoms with Crippen LogP contribution in [0.4, 0.5) is 5.69 Å². The molecule has 1 N–H and O–H groups in total. The Bertz CT molecular complexity index is 880. The molecule has 2 atom stereocenters. The van der Waals surface area contributed by atoms with E-state index < -0.39 is 5.97 Å². The van der Waals surface area contributed by atoms with Crippen LogP contribution in [0.3, 0.4) is 0 Å². The molecule has 37 heavy (non-hydrogen) atoms. The maximum absolute atomic E-state index is 14.2. The quantitative estimate of drug-likeness (QED) is 0.292. The summed E-state index contributed by atoms with van der Waals surface area (Å²) in [6.45, 7) is 11.2. The van der Waals surface area contributed by atoms with Crippen molar-refractivity contribution in [1.29, 1.82) is 0 Å². The van der Waals surface area contributed by atoms with Gasteiger partial charge in [0.05, 0.1) is 11.8 Å². The number of anilines is 1. The number of thiophene rings is 1. The van der Waals surface area contributed by atoms with Crippen LogP contribution in [0.2, 0.25) is 0 Å². The molecule has 0 aromatic carbocycles. The van der Waals surface area contributed by atoms with Crippen molar-refractivity contribution in [2.24, 2.45) is 17.3 Å². The predicted molar refractivity (Wildman–Crippen MR) is 154 cm³/mol. The zero-order chi connectivity index (χ0) is 27.2. The van der Waals surface area contributed by atoms with Crippen LogP contribution in [0.5, 0.6) is 0 Å². The van der Waals surface area contributed by atoms with Crippen molar-refractivity contribution in [3.05, 3.63) is 15.8 Å². The minimum atomic E-state index is -0.906. The second-order valence-electron chi connectivity index (χ2n) is 12.2. The minimum Gasteiger partial charge on any atom is -0.477 e. The highest BCUT2D eigenvalue weighted by molar-refractivity contribution is 7.14. The van der Waals surface area contributed by atoms with E-state index >= 15 is 0 Å². The summed E-state index contributed by atoms with van der Waals surface area (Å²) in [5.74, 6) is 0.135. The molecule has 2 aliphatic carbocycles. The molecule has 3 rings (SSSR count). The van der Waals surface area contributed by atoms with E-state index in [2.05, 4.69) is 40.7 Å². The van der Waals surface area contributed by atoms with Crippen molar-refractivity contribution < 1.29 is 19.4 Å². The number of nitrogens with zero attached hydrogens (tertiary/aromatic N) is 1. The lowest BCUT2D eigenvalue weighted by atomic mass is 9.70. The number of carbonyl (C=O) groups excluding carboxylic acids is 1. The van der Waals surface area contributed by atoms with Gasteiger partial charge in [-0.05, 0) is 93.9 Å². The highest BCUT2D eigenvalue weighted by Crippen LogP contribution is 2.48. The third kappa shape index (κ3) is 7.38. The fourth-order valence-electron chi connectivity index (χ4n) is 6.31. The van der Waals surface area contributed by atoms with Crippen LogP contribution < -0.4 is 4.90 Å². The summed E-state index contributed by atoms with van der Waals surface area (Å²) in [5, 5.41) is 10.3. The Balaban J connectivity index is 1.94. The Labute approximate surface area is 229 Å². The number of carbonyl (C=O) groups is 2. The SMILES string of the molecule is CCC(C)CCC(CC)C(=O)N(c1cc(C2CCC(C)(CC)CC2)sc1C(=O)O)C1CCC(OC)CC1. The second kappa shape index (κ2) is 13.6. The summed E-state index contributed by atoms with van der Waals surface area (Å²) < 4.78 is 5.61. The smallest absolute Gasteiger partial charge is 0.348 e. The average Bonchev–Trinajstić information content (AvgIpc) is 3.35. The van der Waals surface area contributed by atoms with Gasteiger partial charge in [-0.25, -0.2) is 4.79 Å². The Morgan fingerprint density at radius 1 is 1.08 bits per heavy atom. The molecule has 2 saturated carbocycles. The average molecular weight is 534 g/mol. The van der Waals surface area contributed by atoms with E-state index in [1.165, 1.54) is 30.6 Å². The van der Waals surface area contributed by atoms with E-state index in [-0.39, 0.29) is 24.0 Å². The summed E-state index contributed by atoms with van der Waals surface area (Å²) in [6.07, 6.45) is 13.3. The summed E-state index contributed by atoms with van der Waals surface area (Å²) in [7, 11) is 1.76. The summed E-state index contributed by atoms with van der Waals surface area (Å²) in [6, 6.07) is 2.13. The zero-order valence-electron chi connectivity index (χ0n) is 24.2. The lowest BCUT2D eigenvalue weighted by Crippen LogP contribution is -2.46. The van der Waals surface area contributed by atoms with Crippen molar-refractivity contribution in [3.8, 4) is 0 Å². The number of ether oxygens (including phenoxy) is 1. The maximum Gasteiger partial charge on any atom is 0.348 e. The Morgan fingerprint density at radius 2 is 1.73 bits per heavy atom. The first-order chi connectivity index (χ1) is 17.7. The highest BCUT2D eigenvalue weighted by Gasteiger charge is 2.38. The molecule has 5 nitrogen and oxygen atoms in total. The number of carboxylic acids is 1. The molecule has 0 radical (unpaired) electrons. The number of rotatable bonds is 12. The van der Waals surface area contributed by atoms with E-state index in [0.29, 0.717) is 27.8 Å². The van der Waals surface area contributed by atoms with Gasteiger partial charge < -0.3 is 14.7 Å². The van der Waals surface area contributed by atoms with E-state index in [4.69, 9.17) is 4.74 Å². The summed E-state index contributed by atoms with van der Waals surface area (Å²) in [4.78, 5) is 30.2. The highest BCUT2D eigenvalue weighted by atomic mass is 32.1. The first-order valence-electron chi connectivity index (χ1n) is 14.9. The fraction of sp³-hybridized carbons (Fsp3) is 0.806. The lowest BCUT2D eigenvalue weighted by Gasteiger charge is -2.38. The maximum atomic E-state index is 14.2. The number of carboxylic acid groups (broad SMARTS) is 1. The molecule has 0 bridgehead atoms. The standard InChI is InChI=1S/C31H51NO4S/c1-7-21(4)10-11-22(8-2)29(33)32(24-12-14-25(36-6)15-13-24)26-20-27(37-28(26)30(34)35)23-16-18-31(5,9-3)19-17-23/h20-25H,7-19H2,1-6H3,(H,34,35). The summed E-state index contributed by atoms with van der Waals surface area (Å²) >= 11 is 1.42. The normalized spacial score (nSPS) is 28.0. The molecule has 0 spiro atoms. The van der Waals surface area contributed by atoms with Crippen LogP contribution in [0, 0.1) is 17.3 Å². The molecule has 2 fully saturated rings. The van der Waals surface area contributed by atoms with Crippen LogP contribution >= 0.6 is 11.3 Å². The number of amides is 1. The van der Waals surface area contributed by atoms with Gasteiger partial charge in [0.1, 0.15) is 4.88 Å². The molecule has 210 valence electrons. The Hall–Kier alpha value is -1.40. The number of hydrogen-bond acceptors (Lipinski definition) is 4. The van der Waals surface area contributed by atoms with Gasteiger partial charge in [0.2, 0.25) is 5.91 Å². The molecule has 1 heterocycles. The molecule has 1 aromatic rings. The van der Waals surface area contributed by atoms with Crippen LogP contribution in [0.1, 0.15) is 139 Å². The van der Waals surface area contributed by atoms with Crippen LogP contribution in [-0.4, -0.2) is 36.2 Å². The van der Waals surface area contributed by atoms with Crippen molar-refractivity contribution >= 4 is 28.9 Å². The van der Waals surface area contributed by atoms with Crippen LogP contribution in [0.25, 0.3) is 0 Å². The van der Waals surface area contributed by atoms with Gasteiger partial charge in [-0.3, -0.25) is 4.79 Å². The second-order valence-corrected chi connectivity index (χ2v) is 13.3. The van der Waals surface area contributed by atoms with Gasteiger partial charge in [-0.2, -0.15) is 0 Å². The number of hydrogen-bond donors (Lipinski definition) is 1. The zero-order valence-corrected chi connectivity index (χ0v) is 25.0. The Morgan fingerprint density at radius 3 is 2.24 bits per heavy atom. The first-order valence-corrected chi connectivity index (χ1v) is 15.7. The molecule has 1 amide bonds. The van der Waals surface area contributed by atoms with Gasteiger partial charge >= 0.3 is 5.97 Å². The van der Waals surface area contributed by atoms with Crippen molar-refractivity contribution in [3.63, 3.8) is 0 Å². The number of aromatic carboxylic acids is 1. The van der Waals surface area contributed by atoms with E-state index in [9.17, 15) is 14.7 Å². The molecule has 6 heteroatoms. The monoisotopic (exact) mass is 533 g/mol. The van der Waals surface area contributed by atoms with Crippen LogP contribution in [0.15, 0.2) is 6.07 Å². The van der Waals surface area contributed by atoms with Crippen molar-refractivity contribution in [2.45, 2.75) is 136 Å². The van der Waals surface area contributed by atoms with E-state index in [1.54, 1.807) is 7.11 Å². The topological polar surface area (TPSA) is 66.8 Å². The molecular weight excluding hydrogens is 482 g/mol. The molecular formula is C31H51NO4S. The molecule has 2 unspecified atom stereocenters. The summed E-state index contributed by atoms with van der Waals surface area (Å²) in [5.41, 5.74) is 1.06. The van der Waals surface area contributed by atoms with Gasteiger partial charge in [0.25, 0.3) is 0 Å².